The van der Waals surface area contributed by atoms with E-state index in [-0.39, 0.29) is 5.91 Å². The fourth-order valence-electron chi connectivity index (χ4n) is 4.83. The van der Waals surface area contributed by atoms with Crippen molar-refractivity contribution in [1.82, 2.24) is 19.8 Å². The molecule has 1 aromatic heterocycles. The van der Waals surface area contributed by atoms with E-state index < -0.39 is 0 Å². The van der Waals surface area contributed by atoms with Crippen molar-refractivity contribution in [3.63, 3.8) is 0 Å². The number of hydrogen-bond donors (Lipinski definition) is 0. The zero-order valence-corrected chi connectivity index (χ0v) is 17.6. The number of anilines is 1. The minimum atomic E-state index is -0.00706. The highest BCUT2D eigenvalue weighted by Gasteiger charge is 2.31. The molecule has 5 rings (SSSR count). The number of nitrogens with zero attached hydrogens (tertiary/aromatic N) is 5. The van der Waals surface area contributed by atoms with Gasteiger partial charge in [0.2, 0.25) is 0 Å². The van der Waals surface area contributed by atoms with Gasteiger partial charge >= 0.3 is 0 Å². The second-order valence-corrected chi connectivity index (χ2v) is 8.41. The maximum absolute atomic E-state index is 13.1. The minimum Gasteiger partial charge on any atom is -0.496 e. The van der Waals surface area contributed by atoms with Gasteiger partial charge in [-0.05, 0) is 31.4 Å². The van der Waals surface area contributed by atoms with Crippen LogP contribution in [0.25, 0.3) is 0 Å². The molecule has 1 aromatic carbocycles. The lowest BCUT2D eigenvalue weighted by Gasteiger charge is -2.43. The molecule has 1 saturated heterocycles. The number of carbonyl (C=O) groups excluding carboxylic acids is 1. The molecular weight excluding hydrogens is 378 g/mol. The number of amides is 1. The molecule has 2 fully saturated rings. The average molecular weight is 408 g/mol. The summed E-state index contributed by atoms with van der Waals surface area (Å²) in [5.41, 5.74) is 2.78. The summed E-state index contributed by atoms with van der Waals surface area (Å²) in [6.45, 7) is 5.45. The molecule has 0 bridgehead atoms. The third-order valence-electron chi connectivity index (χ3n) is 6.81. The molecule has 7 heteroatoms. The van der Waals surface area contributed by atoms with Crippen molar-refractivity contribution >= 4 is 11.7 Å². The summed E-state index contributed by atoms with van der Waals surface area (Å²) in [7, 11) is 1.60. The zero-order valence-electron chi connectivity index (χ0n) is 17.6. The van der Waals surface area contributed by atoms with Crippen LogP contribution in [0, 0.1) is 0 Å². The van der Waals surface area contributed by atoms with Crippen LogP contribution in [0.1, 0.15) is 40.9 Å². The lowest BCUT2D eigenvalue weighted by atomic mass is 9.91. The highest BCUT2D eigenvalue weighted by molar-refractivity contribution is 5.97. The molecule has 3 heterocycles. The molecule has 2 aromatic rings. The fourth-order valence-corrected chi connectivity index (χ4v) is 4.83. The fraction of sp³-hybridized carbons (Fsp3) is 0.522. The van der Waals surface area contributed by atoms with E-state index in [1.54, 1.807) is 13.4 Å². The molecule has 3 aliphatic rings. The predicted octanol–water partition coefficient (Wildman–Crippen LogP) is 2.36. The van der Waals surface area contributed by atoms with E-state index in [4.69, 9.17) is 4.74 Å². The van der Waals surface area contributed by atoms with E-state index in [0.29, 0.717) is 24.4 Å². The Labute approximate surface area is 177 Å². The smallest absolute Gasteiger partial charge is 0.257 e. The van der Waals surface area contributed by atoms with Gasteiger partial charge in [0.25, 0.3) is 5.91 Å². The van der Waals surface area contributed by atoms with Crippen LogP contribution >= 0.6 is 0 Å². The number of fused-ring (bicyclic) bond motifs is 1. The van der Waals surface area contributed by atoms with Gasteiger partial charge in [0.1, 0.15) is 17.9 Å². The maximum atomic E-state index is 13.1. The van der Waals surface area contributed by atoms with E-state index in [2.05, 4.69) is 19.8 Å². The Bertz CT molecular complexity index is 922. The number of carbonyl (C=O) groups is 1. The molecule has 0 unspecified atom stereocenters. The Morgan fingerprint density at radius 1 is 1.07 bits per heavy atom. The topological polar surface area (TPSA) is 61.8 Å². The van der Waals surface area contributed by atoms with Crippen LogP contribution in [-0.2, 0) is 13.0 Å². The lowest BCUT2D eigenvalue weighted by Crippen LogP contribution is -2.52. The predicted molar refractivity (Wildman–Crippen MR) is 115 cm³/mol. The van der Waals surface area contributed by atoms with Crippen LogP contribution < -0.4 is 9.64 Å². The molecule has 2 aliphatic heterocycles. The second-order valence-electron chi connectivity index (χ2n) is 8.41. The number of piperazine rings is 1. The Balaban J connectivity index is 1.30. The largest absolute Gasteiger partial charge is 0.496 e. The van der Waals surface area contributed by atoms with Crippen molar-refractivity contribution in [1.29, 1.82) is 0 Å². The summed E-state index contributed by atoms with van der Waals surface area (Å²) in [6.07, 6.45) is 6.55. The molecular formula is C23H29N5O2. The van der Waals surface area contributed by atoms with Gasteiger partial charge < -0.3 is 14.5 Å². The van der Waals surface area contributed by atoms with E-state index in [1.807, 2.05) is 29.2 Å². The second kappa shape index (κ2) is 8.22. The molecule has 1 saturated carbocycles. The van der Waals surface area contributed by atoms with Crippen molar-refractivity contribution in [2.75, 3.05) is 44.7 Å². The van der Waals surface area contributed by atoms with Gasteiger partial charge in [0.15, 0.2) is 0 Å². The van der Waals surface area contributed by atoms with Crippen LogP contribution in [0.15, 0.2) is 30.6 Å². The third kappa shape index (κ3) is 3.51. The first-order valence-electron chi connectivity index (χ1n) is 11.0. The molecule has 0 spiro atoms. The maximum Gasteiger partial charge on any atom is 0.257 e. The molecule has 30 heavy (non-hydrogen) atoms. The third-order valence-corrected chi connectivity index (χ3v) is 6.81. The van der Waals surface area contributed by atoms with Crippen molar-refractivity contribution in [3.05, 3.63) is 47.4 Å². The van der Waals surface area contributed by atoms with Gasteiger partial charge in [-0.3, -0.25) is 9.69 Å². The first-order valence-corrected chi connectivity index (χ1v) is 11.0. The van der Waals surface area contributed by atoms with Crippen molar-refractivity contribution < 1.29 is 9.53 Å². The van der Waals surface area contributed by atoms with Crippen molar-refractivity contribution in [2.45, 2.75) is 38.3 Å². The molecule has 0 radical (unpaired) electrons. The van der Waals surface area contributed by atoms with E-state index in [1.165, 1.54) is 24.8 Å². The molecule has 0 atom stereocenters. The molecule has 0 N–H and O–H groups in total. The highest BCUT2D eigenvalue weighted by atomic mass is 16.5. The van der Waals surface area contributed by atoms with Gasteiger partial charge in [-0.25, -0.2) is 9.97 Å². The Kier molecular flexibility index (Phi) is 5.29. The summed E-state index contributed by atoms with van der Waals surface area (Å²) in [5, 5.41) is 0. The number of ether oxygens (including phenoxy) is 1. The number of rotatable bonds is 4. The van der Waals surface area contributed by atoms with Crippen LogP contribution in [-0.4, -0.2) is 71.6 Å². The summed E-state index contributed by atoms with van der Waals surface area (Å²) < 4.78 is 5.38. The van der Waals surface area contributed by atoms with Crippen molar-refractivity contribution in [2.24, 2.45) is 0 Å². The Hall–Kier alpha value is -2.67. The summed E-state index contributed by atoms with van der Waals surface area (Å²) >= 11 is 0. The van der Waals surface area contributed by atoms with E-state index in [0.717, 1.165) is 50.2 Å². The normalized spacial score (nSPS) is 19.9. The molecule has 1 aliphatic carbocycles. The van der Waals surface area contributed by atoms with Gasteiger partial charge in [-0.2, -0.15) is 0 Å². The SMILES string of the molecule is COc1ccccc1C(=O)N1CCc2c(ncnc2N2CCN(C3CCC3)CC2)C1. The number of benzene rings is 1. The van der Waals surface area contributed by atoms with E-state index in [9.17, 15) is 4.79 Å². The van der Waals surface area contributed by atoms with Gasteiger partial charge in [-0.1, -0.05) is 18.6 Å². The summed E-state index contributed by atoms with van der Waals surface area (Å²) in [6, 6.07) is 8.21. The monoisotopic (exact) mass is 407 g/mol. The number of methoxy groups -OCH3 is 1. The summed E-state index contributed by atoms with van der Waals surface area (Å²) in [4.78, 5) is 29.2. The van der Waals surface area contributed by atoms with Crippen LogP contribution in [0.3, 0.4) is 0 Å². The quantitative estimate of drug-likeness (QED) is 0.775. The van der Waals surface area contributed by atoms with Crippen LogP contribution in [0.5, 0.6) is 5.75 Å². The van der Waals surface area contributed by atoms with Crippen LogP contribution in [0.2, 0.25) is 0 Å². The lowest BCUT2D eigenvalue weighted by molar-refractivity contribution is 0.0728. The number of para-hydroxylation sites is 1. The molecule has 7 nitrogen and oxygen atoms in total. The summed E-state index contributed by atoms with van der Waals surface area (Å²) in [5.74, 6) is 1.67. The molecule has 1 amide bonds. The minimum absolute atomic E-state index is 0.00706. The van der Waals surface area contributed by atoms with Crippen LogP contribution in [0.4, 0.5) is 5.82 Å². The van der Waals surface area contributed by atoms with Gasteiger partial charge in [0.05, 0.1) is 24.9 Å². The zero-order chi connectivity index (χ0) is 20.5. The Morgan fingerprint density at radius 2 is 1.87 bits per heavy atom. The standard InChI is InChI=1S/C23H29N5O2/c1-30-21-8-3-2-7-19(21)23(29)28-10-9-18-20(15-28)24-16-25-22(18)27-13-11-26(12-14-27)17-5-4-6-17/h2-3,7-8,16-17H,4-6,9-15H2,1H3. The van der Waals surface area contributed by atoms with E-state index >= 15 is 0 Å². The number of aromatic nitrogens is 2. The number of hydrogen-bond acceptors (Lipinski definition) is 6. The van der Waals surface area contributed by atoms with Gasteiger partial charge in [0, 0.05) is 44.3 Å². The molecule has 158 valence electrons. The first kappa shape index (κ1) is 19.3. The van der Waals surface area contributed by atoms with Gasteiger partial charge in [-0.15, -0.1) is 0 Å². The Morgan fingerprint density at radius 3 is 2.60 bits per heavy atom. The highest BCUT2D eigenvalue weighted by Crippen LogP contribution is 2.30. The first-order chi connectivity index (χ1) is 14.7. The van der Waals surface area contributed by atoms with Crippen molar-refractivity contribution in [3.8, 4) is 5.75 Å². The average Bonchev–Trinajstić information content (AvgIpc) is 2.77.